The number of amides is 2. The van der Waals surface area contributed by atoms with Crippen LogP contribution in [0.5, 0.6) is 5.75 Å². The second kappa shape index (κ2) is 9.65. The van der Waals surface area contributed by atoms with Crippen molar-refractivity contribution in [2.45, 2.75) is 12.8 Å². The van der Waals surface area contributed by atoms with Crippen LogP contribution in [0.4, 0.5) is 10.5 Å². The van der Waals surface area contributed by atoms with Crippen LogP contribution >= 0.6 is 0 Å². The summed E-state index contributed by atoms with van der Waals surface area (Å²) in [5.74, 6) is 0.859. The van der Waals surface area contributed by atoms with Crippen molar-refractivity contribution in [2.24, 2.45) is 0 Å². The summed E-state index contributed by atoms with van der Waals surface area (Å²) in [6, 6.07) is 17.8. The quantitative estimate of drug-likeness (QED) is 0.785. The molecule has 2 aromatic carbocycles. The van der Waals surface area contributed by atoms with Gasteiger partial charge in [0.2, 0.25) is 0 Å². The molecule has 28 heavy (non-hydrogen) atoms. The molecule has 0 radical (unpaired) electrons. The summed E-state index contributed by atoms with van der Waals surface area (Å²) < 4.78 is 5.24. The van der Waals surface area contributed by atoms with Gasteiger partial charge in [-0.2, -0.15) is 5.26 Å². The normalized spacial score (nSPS) is 13.7. The number of piperazine rings is 1. The number of hydrogen-bond acceptors (Lipinski definition) is 4. The van der Waals surface area contributed by atoms with Crippen molar-refractivity contribution in [3.63, 3.8) is 0 Å². The van der Waals surface area contributed by atoms with Crippen molar-refractivity contribution in [1.82, 2.24) is 10.2 Å². The van der Waals surface area contributed by atoms with Gasteiger partial charge in [-0.3, -0.25) is 0 Å². The van der Waals surface area contributed by atoms with E-state index in [4.69, 9.17) is 4.74 Å². The molecule has 1 N–H and O–H groups in total. The van der Waals surface area contributed by atoms with E-state index >= 15 is 0 Å². The molecule has 146 valence electrons. The number of ether oxygens (including phenoxy) is 1. The SMILES string of the molecule is COc1cccc(CCCNC(=O)N2CCN(c3ccccc3C#N)CC2)c1. The highest BCUT2D eigenvalue weighted by atomic mass is 16.5. The molecule has 6 nitrogen and oxygen atoms in total. The molecule has 1 aliphatic rings. The van der Waals surface area contributed by atoms with Crippen LogP contribution in [-0.2, 0) is 6.42 Å². The third-order valence-corrected chi connectivity index (χ3v) is 4.98. The zero-order chi connectivity index (χ0) is 19.8. The number of urea groups is 1. The molecule has 0 unspecified atom stereocenters. The van der Waals surface area contributed by atoms with Crippen LogP contribution in [-0.4, -0.2) is 50.8 Å². The van der Waals surface area contributed by atoms with Gasteiger partial charge in [0.1, 0.15) is 11.8 Å². The number of rotatable bonds is 6. The lowest BCUT2D eigenvalue weighted by Crippen LogP contribution is -2.52. The van der Waals surface area contributed by atoms with Gasteiger partial charge in [-0.1, -0.05) is 24.3 Å². The highest BCUT2D eigenvalue weighted by molar-refractivity contribution is 5.74. The fraction of sp³-hybridized carbons (Fsp3) is 0.364. The van der Waals surface area contributed by atoms with E-state index in [0.717, 1.165) is 37.4 Å². The number of nitrogens with one attached hydrogen (secondary N) is 1. The van der Waals surface area contributed by atoms with E-state index in [1.54, 1.807) is 7.11 Å². The van der Waals surface area contributed by atoms with Gasteiger partial charge in [0.15, 0.2) is 0 Å². The molecule has 3 rings (SSSR count). The number of nitrogens with zero attached hydrogens (tertiary/aromatic N) is 3. The number of nitriles is 1. The number of methoxy groups -OCH3 is 1. The molecule has 0 spiro atoms. The fourth-order valence-electron chi connectivity index (χ4n) is 3.42. The molecule has 1 aliphatic heterocycles. The van der Waals surface area contributed by atoms with Crippen LogP contribution in [0.1, 0.15) is 17.5 Å². The molecule has 0 aliphatic carbocycles. The Morgan fingerprint density at radius 3 is 2.68 bits per heavy atom. The van der Waals surface area contributed by atoms with Crippen molar-refractivity contribution < 1.29 is 9.53 Å². The first kappa shape index (κ1) is 19.6. The number of para-hydroxylation sites is 1. The van der Waals surface area contributed by atoms with Gasteiger partial charge in [-0.05, 0) is 42.7 Å². The van der Waals surface area contributed by atoms with Crippen molar-refractivity contribution in [3.8, 4) is 11.8 Å². The van der Waals surface area contributed by atoms with Gasteiger partial charge in [0.25, 0.3) is 0 Å². The highest BCUT2D eigenvalue weighted by Gasteiger charge is 2.22. The van der Waals surface area contributed by atoms with Crippen molar-refractivity contribution in [1.29, 1.82) is 5.26 Å². The van der Waals surface area contributed by atoms with E-state index in [1.807, 2.05) is 47.4 Å². The van der Waals surface area contributed by atoms with Gasteiger partial charge >= 0.3 is 6.03 Å². The maximum absolute atomic E-state index is 12.4. The first-order valence-electron chi connectivity index (χ1n) is 9.61. The minimum atomic E-state index is -0.0149. The molecular weight excluding hydrogens is 352 g/mol. The average Bonchev–Trinajstić information content (AvgIpc) is 2.76. The summed E-state index contributed by atoms with van der Waals surface area (Å²) >= 11 is 0. The molecule has 1 saturated heterocycles. The second-order valence-electron chi connectivity index (χ2n) is 6.79. The first-order valence-corrected chi connectivity index (χ1v) is 9.61. The van der Waals surface area contributed by atoms with Gasteiger partial charge < -0.3 is 19.9 Å². The maximum atomic E-state index is 12.4. The standard InChI is InChI=1S/C22H26N4O2/c1-28-20-9-4-6-18(16-20)7-5-11-24-22(27)26-14-12-25(13-15-26)21-10-3-2-8-19(21)17-23/h2-4,6,8-10,16H,5,7,11-15H2,1H3,(H,24,27). The maximum Gasteiger partial charge on any atom is 0.317 e. The topological polar surface area (TPSA) is 68.6 Å². The van der Waals surface area contributed by atoms with E-state index in [9.17, 15) is 10.1 Å². The number of carbonyl (C=O) groups excluding carboxylic acids is 1. The lowest BCUT2D eigenvalue weighted by Gasteiger charge is -2.36. The third kappa shape index (κ3) is 4.95. The van der Waals surface area contributed by atoms with E-state index < -0.39 is 0 Å². The lowest BCUT2D eigenvalue weighted by atomic mass is 10.1. The predicted octanol–water partition coefficient (Wildman–Crippen LogP) is 3.03. The van der Waals surface area contributed by atoms with Crippen molar-refractivity contribution in [3.05, 3.63) is 59.7 Å². The van der Waals surface area contributed by atoms with E-state index in [1.165, 1.54) is 5.56 Å². The molecule has 0 aromatic heterocycles. The summed E-state index contributed by atoms with van der Waals surface area (Å²) in [5.41, 5.74) is 2.83. The summed E-state index contributed by atoms with van der Waals surface area (Å²) in [4.78, 5) is 16.4. The smallest absolute Gasteiger partial charge is 0.317 e. The molecule has 2 amide bonds. The minimum absolute atomic E-state index is 0.0149. The molecule has 0 bridgehead atoms. The fourth-order valence-corrected chi connectivity index (χ4v) is 3.42. The number of benzene rings is 2. The Bertz CT molecular complexity index is 838. The highest BCUT2D eigenvalue weighted by Crippen LogP contribution is 2.21. The molecular formula is C22H26N4O2. The Morgan fingerprint density at radius 2 is 1.93 bits per heavy atom. The minimum Gasteiger partial charge on any atom is -0.497 e. The monoisotopic (exact) mass is 378 g/mol. The van der Waals surface area contributed by atoms with Crippen molar-refractivity contribution >= 4 is 11.7 Å². The van der Waals surface area contributed by atoms with Gasteiger partial charge in [-0.15, -0.1) is 0 Å². The van der Waals surface area contributed by atoms with Crippen LogP contribution < -0.4 is 15.0 Å². The first-order chi connectivity index (χ1) is 13.7. The van der Waals surface area contributed by atoms with Gasteiger partial charge in [-0.25, -0.2) is 4.79 Å². The van der Waals surface area contributed by atoms with Crippen molar-refractivity contribution in [2.75, 3.05) is 44.7 Å². The van der Waals surface area contributed by atoms with Crippen LogP contribution in [0.25, 0.3) is 0 Å². The Balaban J connectivity index is 1.41. The molecule has 6 heteroatoms. The largest absolute Gasteiger partial charge is 0.497 e. The molecule has 1 heterocycles. The zero-order valence-corrected chi connectivity index (χ0v) is 16.2. The average molecular weight is 378 g/mol. The Labute approximate surface area is 166 Å². The van der Waals surface area contributed by atoms with Crippen LogP contribution in [0.3, 0.4) is 0 Å². The number of aryl methyl sites for hydroxylation is 1. The molecule has 1 fully saturated rings. The van der Waals surface area contributed by atoms with E-state index in [-0.39, 0.29) is 6.03 Å². The summed E-state index contributed by atoms with van der Waals surface area (Å²) in [7, 11) is 1.66. The van der Waals surface area contributed by atoms with Gasteiger partial charge in [0.05, 0.1) is 18.4 Å². The van der Waals surface area contributed by atoms with Gasteiger partial charge in [0, 0.05) is 32.7 Å². The van der Waals surface area contributed by atoms with Crippen LogP contribution in [0.2, 0.25) is 0 Å². The second-order valence-corrected chi connectivity index (χ2v) is 6.79. The summed E-state index contributed by atoms with van der Waals surface area (Å²) in [5, 5.41) is 12.3. The molecule has 0 atom stereocenters. The molecule has 0 saturated carbocycles. The third-order valence-electron chi connectivity index (χ3n) is 4.98. The summed E-state index contributed by atoms with van der Waals surface area (Å²) in [6.07, 6.45) is 1.78. The Hall–Kier alpha value is -3.20. The lowest BCUT2D eigenvalue weighted by molar-refractivity contribution is 0.194. The van der Waals surface area contributed by atoms with E-state index in [2.05, 4.69) is 22.4 Å². The Morgan fingerprint density at radius 1 is 1.14 bits per heavy atom. The van der Waals surface area contributed by atoms with E-state index in [0.29, 0.717) is 25.2 Å². The number of hydrogen-bond donors (Lipinski definition) is 1. The zero-order valence-electron chi connectivity index (χ0n) is 16.2. The predicted molar refractivity (Wildman–Crippen MR) is 110 cm³/mol. The Kier molecular flexibility index (Phi) is 6.74. The number of carbonyl (C=O) groups is 1. The number of anilines is 1. The van der Waals surface area contributed by atoms with Crippen LogP contribution in [0, 0.1) is 11.3 Å². The van der Waals surface area contributed by atoms with Crippen LogP contribution in [0.15, 0.2) is 48.5 Å². The molecule has 2 aromatic rings. The summed E-state index contributed by atoms with van der Waals surface area (Å²) in [6.45, 7) is 3.42.